The first-order valence-electron chi connectivity index (χ1n) is 38.2. The van der Waals surface area contributed by atoms with Gasteiger partial charge in [0.15, 0.2) is 40.9 Å². The van der Waals surface area contributed by atoms with Crippen LogP contribution in [0, 0.1) is 20.8 Å². The standard InChI is InChI=1S/C63H83N21O31P6S6/c1-6-7-30-31(8-42(104-30)79-14-27(2)56(85)76-61(79)89)111-117(93,123)99-18-38-33(9-43(105-38)80-15-28(3)57(86)77-62(80)90)112-118(94,124)102-21-41-36(13-46(108-41)83-25-72-49-52(65)68-23-70-54(49)83)115-121(97,127)101-19-39-34(10-44(106-39)81-16-29(4)58(87)78-63(81)91)113-119(95,125)103-20-40-35(12-45(107-40)82-24-71-48-51(64)67-22-69-53(48)82)114-120(96,126)100-17-37-32(110-116(92,122)98-5)11-47(109-37)84-26-73-50-55(84)74-60(66)75-59(50)88/h14-16,22-26,30-47H,6-13,17-21H2,1-5H3,(H,92,122)(H,93,123)(H,94,124)(H,95,125)(H,96,126)(H,97,127)(H2,64,67,69)(H2,65,68,70)(H,76,85,89)(H,77,86,90)(H,78,87,91)(H3,66,74,75,88)/p-6/t30-,31?,32?,33?,34?,35?,36?,37-,38-,39-,40-,41-,42-,43-,44-,45-,46-,47-,116?,117?,118?,119?,120?,121?/m1/s1. The van der Waals surface area contributed by atoms with E-state index in [4.69, 9.17) is 171 Å². The number of aryl methyl sites for hydroxylation is 3. The van der Waals surface area contributed by atoms with Gasteiger partial charge in [-0.3, -0.25) is 71.1 Å². The number of aromatic nitrogens is 18. The van der Waals surface area contributed by atoms with Crippen molar-refractivity contribution >= 4 is 163 Å². The minimum atomic E-state index is -4.96. The molecule has 6 saturated heterocycles. The maximum Gasteiger partial charge on any atom is 0.330 e. The number of ether oxygens (including phenoxy) is 6. The minimum absolute atomic E-state index is 0.00356. The summed E-state index contributed by atoms with van der Waals surface area (Å²) in [7, 11) is 1.05. The number of hydrogen-bond donors (Lipinski definition) is 7. The molecular weight excluding hydrogens is 1930 g/mol. The lowest BCUT2D eigenvalue weighted by molar-refractivity contribution is -0.221. The first-order valence-corrected chi connectivity index (χ1v) is 53.5. The van der Waals surface area contributed by atoms with Crippen LogP contribution in [0.15, 0.2) is 83.8 Å². The summed E-state index contributed by atoms with van der Waals surface area (Å²) >= 11 is 32.5. The molecule has 6 fully saturated rings. The van der Waals surface area contributed by atoms with E-state index in [1.165, 1.54) is 65.8 Å². The molecule has 52 nitrogen and oxygen atoms in total. The van der Waals surface area contributed by atoms with E-state index in [0.717, 1.165) is 39.7 Å². The Morgan fingerprint density at radius 1 is 0.417 bits per heavy atom. The van der Waals surface area contributed by atoms with E-state index in [-0.39, 0.29) is 99.9 Å². The summed E-state index contributed by atoms with van der Waals surface area (Å²) in [5, 5.41) is 0. The van der Waals surface area contributed by atoms with Gasteiger partial charge in [0.2, 0.25) is 5.95 Å². The monoisotopic (exact) mass is 2000 g/mol. The van der Waals surface area contributed by atoms with E-state index < -0.39 is 230 Å². The number of aromatic amines is 4. The SMILES string of the molecule is CCC[C@H]1O[C@@H](n2cc(C)c(=O)[nH]c2=O)CC1OP([O-])(=S)OC[C@H]1O[C@@H](n2cc(C)c(=O)[nH]c2=O)CC1OP(=O)([S-])OC[C@H]1O[C@@H](n2cnc3c(N)ncnc32)CC1OP([O-])(=S)OC[C@H]1O[C@@H](n2cc(C)c(=O)[nH]c2=O)CC1OP([O-])(=S)OC[C@H]1O[C@@H](n2cnc3c(N)ncnc32)CC1OP([O-])(=S)OC[C@H]1O[C@@H](n2cnc3c(=O)[nH]c(N)nc32)CC1OP([O-])(=S)OC. The molecule has 0 bridgehead atoms. The number of nitrogens with one attached hydrogen (secondary N) is 4. The molecule has 6 aliphatic heterocycles. The summed E-state index contributed by atoms with van der Waals surface area (Å²) in [6, 6.07) is 0. The van der Waals surface area contributed by atoms with Crippen LogP contribution in [-0.4, -0.2) is 201 Å². The topological polar surface area (TPSA) is 692 Å². The van der Waals surface area contributed by atoms with Crippen LogP contribution in [0.5, 0.6) is 0 Å². The molecule has 15 rings (SSSR count). The van der Waals surface area contributed by atoms with Crippen LogP contribution in [-0.2, 0) is 159 Å². The summed E-state index contributed by atoms with van der Waals surface area (Å²) < 4.78 is 130. The van der Waals surface area contributed by atoms with Gasteiger partial charge in [-0.25, -0.2) is 49.3 Å². The molecule has 10 N–H and O–H groups in total. The van der Waals surface area contributed by atoms with Crippen LogP contribution in [0.25, 0.3) is 33.5 Å². The molecular formula is C63H77N21O31P6S6-6. The second-order valence-electron chi connectivity index (χ2n) is 29.6. The zero-order chi connectivity index (χ0) is 90.9. The summed E-state index contributed by atoms with van der Waals surface area (Å²) in [6.45, 7) is -26.2. The van der Waals surface area contributed by atoms with E-state index in [9.17, 15) is 62.6 Å². The second-order valence-corrected chi connectivity index (χ2v) is 45.9. The van der Waals surface area contributed by atoms with Gasteiger partial charge in [0.05, 0.1) is 94.7 Å². The number of H-pyrrole nitrogens is 4. The third-order valence-corrected chi connectivity index (χ3v) is 30.5. The van der Waals surface area contributed by atoms with E-state index in [2.05, 4.69) is 59.8 Å². The fourth-order valence-corrected chi connectivity index (χ4v) is 23.2. The minimum Gasteiger partial charge on any atom is -0.780 e. The van der Waals surface area contributed by atoms with Crippen LogP contribution in [0.2, 0.25) is 0 Å². The van der Waals surface area contributed by atoms with E-state index in [0.29, 0.717) is 12.8 Å². The highest BCUT2D eigenvalue weighted by Crippen LogP contribution is 2.56. The second kappa shape index (κ2) is 38.4. The Hall–Kier alpha value is -6.20. The molecule has 6 aliphatic rings. The molecule has 9 aromatic rings. The molecule has 0 radical (unpaired) electrons. The van der Waals surface area contributed by atoms with Crippen molar-refractivity contribution in [1.29, 1.82) is 0 Å². The van der Waals surface area contributed by atoms with Crippen molar-refractivity contribution in [1.82, 2.24) is 87.2 Å². The molecule has 0 amide bonds. The first kappa shape index (κ1) is 95.4. The van der Waals surface area contributed by atoms with Crippen LogP contribution in [0.4, 0.5) is 17.6 Å². The summed E-state index contributed by atoms with van der Waals surface area (Å²) in [4.78, 5) is 204. The summed E-state index contributed by atoms with van der Waals surface area (Å²) in [5.74, 6) is -0.280. The van der Waals surface area contributed by atoms with Crippen molar-refractivity contribution in [3.8, 4) is 0 Å². The van der Waals surface area contributed by atoms with E-state index in [1.807, 2.05) is 6.92 Å². The Bertz CT molecular complexity index is 6420. The molecule has 9 aromatic heterocycles. The van der Waals surface area contributed by atoms with Gasteiger partial charge in [-0.05, 0) is 27.2 Å². The molecule has 0 saturated carbocycles. The molecule has 12 unspecified atom stereocenters. The highest BCUT2D eigenvalue weighted by Gasteiger charge is 2.48. The number of hydrogen-bond acceptors (Lipinski definition) is 48. The average molecular weight is 2000 g/mol. The lowest BCUT2D eigenvalue weighted by Gasteiger charge is -2.36. The lowest BCUT2D eigenvalue weighted by atomic mass is 10.1. The van der Waals surface area contributed by atoms with Crippen molar-refractivity contribution in [3.63, 3.8) is 0 Å². The van der Waals surface area contributed by atoms with Crippen LogP contribution < -0.4 is 81.0 Å². The molecule has 0 aliphatic carbocycles. The third-order valence-electron chi connectivity index (χ3n) is 21.0. The number of imidazole rings is 3. The normalized spacial score (nSPS) is 29.2. The molecule has 24 atom stereocenters. The van der Waals surface area contributed by atoms with Gasteiger partial charge in [-0.15, -0.1) is 0 Å². The third kappa shape index (κ3) is 22.0. The Kier molecular flexibility index (Phi) is 28.9. The van der Waals surface area contributed by atoms with Gasteiger partial charge in [0.1, 0.15) is 125 Å². The van der Waals surface area contributed by atoms with Crippen molar-refractivity contribution < 1.29 is 112 Å². The number of nitrogens with zero attached hydrogens (tertiary/aromatic N) is 14. The maximum absolute atomic E-state index is 14.9. The number of fused-ring (bicyclic) bond motifs is 3. The molecule has 127 heavy (non-hydrogen) atoms. The van der Waals surface area contributed by atoms with Crippen LogP contribution in [0.3, 0.4) is 0 Å². The highest BCUT2D eigenvalue weighted by atomic mass is 32.7. The maximum atomic E-state index is 14.9. The van der Waals surface area contributed by atoms with Crippen LogP contribution in [0.1, 0.15) is 112 Å². The fraction of sp³-hybridized carbons (Fsp3) is 0.571. The van der Waals surface area contributed by atoms with Gasteiger partial charge in [0.25, 0.3) is 22.2 Å². The average Bonchev–Trinajstić information content (AvgIpc) is 1.63. The lowest BCUT2D eigenvalue weighted by Crippen LogP contribution is -2.34. The highest BCUT2D eigenvalue weighted by molar-refractivity contribution is 8.32. The first-order chi connectivity index (χ1) is 60.0. The van der Waals surface area contributed by atoms with Crippen molar-refractivity contribution in [2.75, 3.05) is 57.3 Å². The van der Waals surface area contributed by atoms with E-state index in [1.54, 1.807) is 0 Å². The number of nitrogens with two attached hydrogens (primary N) is 3. The number of anilines is 3. The zero-order valence-corrected chi connectivity index (χ0v) is 76.8. The smallest absolute Gasteiger partial charge is 0.330 e. The Morgan fingerprint density at radius 2 is 0.717 bits per heavy atom. The summed E-state index contributed by atoms with van der Waals surface area (Å²) in [6.07, 6.45) is -14.2. The number of rotatable bonds is 36. The summed E-state index contributed by atoms with van der Waals surface area (Å²) in [5.41, 5.74) is 13.5. The van der Waals surface area contributed by atoms with Crippen molar-refractivity contribution in [2.24, 2.45) is 0 Å². The zero-order valence-electron chi connectivity index (χ0n) is 66.5. The van der Waals surface area contributed by atoms with Gasteiger partial charge >= 0.3 is 17.1 Å². The van der Waals surface area contributed by atoms with Gasteiger partial charge < -0.3 is 137 Å². The molecule has 0 spiro atoms. The van der Waals surface area contributed by atoms with Crippen LogP contribution >= 0.6 is 40.4 Å². The van der Waals surface area contributed by atoms with Gasteiger partial charge in [-0.1, -0.05) is 72.4 Å². The quantitative estimate of drug-likeness (QED) is 0.0169. The largest absolute Gasteiger partial charge is 0.780 e. The Morgan fingerprint density at radius 3 is 1.06 bits per heavy atom. The Labute approximate surface area is 743 Å². The van der Waals surface area contributed by atoms with Crippen molar-refractivity contribution in [2.45, 2.75) is 190 Å². The van der Waals surface area contributed by atoms with Gasteiger partial charge in [-0.2, -0.15) is 4.98 Å². The predicted octanol–water partition coefficient (Wildman–Crippen LogP) is -1.73. The molecule has 64 heteroatoms. The fourth-order valence-electron chi connectivity index (χ4n) is 14.9. The van der Waals surface area contributed by atoms with E-state index >= 15 is 0 Å². The predicted molar refractivity (Wildman–Crippen MR) is 449 cm³/mol. The van der Waals surface area contributed by atoms with Gasteiger partial charge in [0, 0.05) is 80.9 Å². The van der Waals surface area contributed by atoms with Crippen molar-refractivity contribution in [3.05, 3.63) is 140 Å². The Balaban J connectivity index is 0.640. The molecule has 692 valence electrons. The molecule has 0 aromatic carbocycles. The number of nitrogen functional groups attached to an aromatic ring is 3. The molecule has 15 heterocycles.